The molecule has 0 radical (unpaired) electrons. The number of rotatable bonds is 5. The van der Waals surface area contributed by atoms with Crippen LogP contribution in [0, 0.1) is 24.0 Å². The molecule has 0 saturated heterocycles. The van der Waals surface area contributed by atoms with Gasteiger partial charge in [-0.15, -0.1) is 6.58 Å². The monoisotopic (exact) mass is 399 g/mol. The van der Waals surface area contributed by atoms with Crippen LogP contribution >= 0.6 is 22.7 Å². The quantitative estimate of drug-likeness (QED) is 0.272. The Labute approximate surface area is 163 Å². The summed E-state index contributed by atoms with van der Waals surface area (Å²) in [5, 5.41) is 10.8. The van der Waals surface area contributed by atoms with Crippen molar-refractivity contribution >= 4 is 49.9 Å². The van der Waals surface area contributed by atoms with Crippen LogP contribution in [0.1, 0.15) is 16.0 Å². The van der Waals surface area contributed by atoms with Crippen molar-refractivity contribution in [3.8, 4) is 0 Å². The predicted octanol–water partition coefficient (Wildman–Crippen LogP) is 4.62. The summed E-state index contributed by atoms with van der Waals surface area (Å²) in [4.78, 5) is 28.0. The van der Waals surface area contributed by atoms with E-state index in [1.807, 2.05) is 18.4 Å². The highest BCUT2D eigenvalue weighted by atomic mass is 32.1. The Kier molecular flexibility index (Phi) is 5.48. The second-order valence-corrected chi connectivity index (χ2v) is 8.03. The molecule has 0 bridgehead atoms. The van der Waals surface area contributed by atoms with E-state index in [0.29, 0.717) is 16.2 Å². The number of amides is 1. The fourth-order valence-electron chi connectivity index (χ4n) is 2.79. The average Bonchev–Trinajstić information content (AvgIpc) is 3.19. The lowest BCUT2D eigenvalue weighted by Crippen LogP contribution is -2.16. The molecule has 0 aliphatic heterocycles. The van der Waals surface area contributed by atoms with Crippen LogP contribution in [-0.2, 0) is 11.3 Å². The number of hydrogen-bond acceptors (Lipinski definition) is 5. The minimum atomic E-state index is -0.450. The van der Waals surface area contributed by atoms with Gasteiger partial charge in [-0.2, -0.15) is 4.99 Å². The van der Waals surface area contributed by atoms with Crippen molar-refractivity contribution in [1.82, 2.24) is 4.57 Å². The smallest absolute Gasteiger partial charge is 0.312 e. The molecule has 2 aromatic heterocycles. The summed E-state index contributed by atoms with van der Waals surface area (Å²) in [7, 11) is 0. The number of fused-ring (bicyclic) bond motifs is 1. The summed E-state index contributed by atoms with van der Waals surface area (Å²) in [6.07, 6.45) is 4.65. The van der Waals surface area contributed by atoms with Gasteiger partial charge in [0.05, 0.1) is 15.1 Å². The van der Waals surface area contributed by atoms with Gasteiger partial charge in [-0.3, -0.25) is 14.9 Å². The lowest BCUT2D eigenvalue weighted by Gasteiger charge is -2.04. The molecule has 1 amide bonds. The van der Waals surface area contributed by atoms with Crippen molar-refractivity contribution in [1.29, 1.82) is 0 Å². The number of thiophene rings is 1. The first-order chi connectivity index (χ1) is 12.9. The molecule has 2 heterocycles. The first-order valence-corrected chi connectivity index (χ1v) is 9.75. The van der Waals surface area contributed by atoms with E-state index >= 15 is 0 Å². The molecular weight excluding hydrogens is 382 g/mol. The molecule has 0 N–H and O–H groups in total. The second kappa shape index (κ2) is 7.81. The lowest BCUT2D eigenvalue weighted by molar-refractivity contribution is -0.380. The van der Waals surface area contributed by atoms with Crippen LogP contribution in [0.25, 0.3) is 16.3 Å². The van der Waals surface area contributed by atoms with Crippen molar-refractivity contribution in [2.75, 3.05) is 0 Å². The van der Waals surface area contributed by atoms with Gasteiger partial charge in [0.25, 0.3) is 5.91 Å². The number of nitro groups is 1. The first kappa shape index (κ1) is 18.9. The molecule has 1 aromatic carbocycles. The van der Waals surface area contributed by atoms with Crippen molar-refractivity contribution in [2.24, 2.45) is 4.99 Å². The predicted molar refractivity (Wildman–Crippen MR) is 110 cm³/mol. The van der Waals surface area contributed by atoms with Crippen molar-refractivity contribution < 1.29 is 9.72 Å². The number of allylic oxidation sites excluding steroid dienone is 1. The summed E-state index contributed by atoms with van der Waals surface area (Å²) in [5.74, 6) is -0.412. The SMILES string of the molecule is C=CCn1c(=NC(=O)/C=C/c2ccc([N+](=O)[O-])s2)sc2cc(C)cc(C)c21. The van der Waals surface area contributed by atoms with E-state index in [0.717, 1.165) is 32.7 Å². The highest BCUT2D eigenvalue weighted by Gasteiger charge is 2.10. The summed E-state index contributed by atoms with van der Waals surface area (Å²) in [6, 6.07) is 7.21. The fourth-order valence-corrected chi connectivity index (χ4v) is 4.74. The van der Waals surface area contributed by atoms with Gasteiger partial charge in [-0.25, -0.2) is 0 Å². The molecule has 6 nitrogen and oxygen atoms in total. The van der Waals surface area contributed by atoms with Gasteiger partial charge >= 0.3 is 5.00 Å². The van der Waals surface area contributed by atoms with E-state index in [2.05, 4.69) is 23.7 Å². The van der Waals surface area contributed by atoms with Crippen molar-refractivity contribution in [3.63, 3.8) is 0 Å². The van der Waals surface area contributed by atoms with Gasteiger partial charge in [0.2, 0.25) is 0 Å². The zero-order chi connectivity index (χ0) is 19.6. The Morgan fingerprint density at radius 1 is 1.33 bits per heavy atom. The minimum absolute atomic E-state index is 0.0400. The Bertz CT molecular complexity index is 1150. The molecule has 0 fully saturated rings. The van der Waals surface area contributed by atoms with Gasteiger partial charge < -0.3 is 4.57 Å². The van der Waals surface area contributed by atoms with Crippen molar-refractivity contribution in [2.45, 2.75) is 20.4 Å². The van der Waals surface area contributed by atoms with E-state index < -0.39 is 10.8 Å². The van der Waals surface area contributed by atoms with Gasteiger partial charge in [0.1, 0.15) is 0 Å². The Hall–Kier alpha value is -2.84. The fraction of sp³-hybridized carbons (Fsp3) is 0.158. The number of carbonyl (C=O) groups is 1. The highest BCUT2D eigenvalue weighted by Crippen LogP contribution is 2.25. The van der Waals surface area contributed by atoms with Crippen LogP contribution < -0.4 is 4.80 Å². The second-order valence-electron chi connectivity index (χ2n) is 5.93. The van der Waals surface area contributed by atoms with E-state index in [9.17, 15) is 14.9 Å². The first-order valence-electron chi connectivity index (χ1n) is 8.11. The Balaban J connectivity index is 1.98. The van der Waals surface area contributed by atoms with Gasteiger partial charge in [0, 0.05) is 23.6 Å². The maximum absolute atomic E-state index is 12.3. The van der Waals surface area contributed by atoms with Crippen LogP contribution in [0.3, 0.4) is 0 Å². The molecule has 0 saturated carbocycles. The third-order valence-electron chi connectivity index (χ3n) is 3.81. The number of aromatic nitrogens is 1. The zero-order valence-corrected chi connectivity index (χ0v) is 16.5. The maximum atomic E-state index is 12.3. The van der Waals surface area contributed by atoms with Crippen LogP contribution in [0.4, 0.5) is 5.00 Å². The molecule has 0 aliphatic carbocycles. The van der Waals surface area contributed by atoms with Gasteiger partial charge in [0.15, 0.2) is 4.80 Å². The number of nitrogens with zero attached hydrogens (tertiary/aromatic N) is 3. The molecule has 0 atom stereocenters. The molecule has 3 rings (SSSR count). The van der Waals surface area contributed by atoms with E-state index in [4.69, 9.17) is 0 Å². The summed E-state index contributed by atoms with van der Waals surface area (Å²) < 4.78 is 3.04. The molecule has 27 heavy (non-hydrogen) atoms. The third-order valence-corrected chi connectivity index (χ3v) is 5.84. The number of carbonyl (C=O) groups excluding carboxylic acids is 1. The number of hydrogen-bond donors (Lipinski definition) is 0. The Morgan fingerprint density at radius 2 is 2.11 bits per heavy atom. The number of benzene rings is 1. The molecule has 8 heteroatoms. The molecule has 0 unspecified atom stereocenters. The maximum Gasteiger partial charge on any atom is 0.324 e. The van der Waals surface area contributed by atoms with E-state index in [-0.39, 0.29) is 5.00 Å². The number of aryl methyl sites for hydroxylation is 2. The van der Waals surface area contributed by atoms with E-state index in [1.54, 1.807) is 18.2 Å². The molecule has 0 aliphatic rings. The summed E-state index contributed by atoms with van der Waals surface area (Å²) in [6.45, 7) is 8.42. The standard InChI is InChI=1S/C19H17N3O3S2/c1-4-9-21-18-13(3)10-12(2)11-15(18)27-19(21)20-16(23)7-5-14-6-8-17(26-14)22(24)25/h4-8,10-11H,1,9H2,2-3H3/b7-5+,20-19?. The van der Waals surface area contributed by atoms with Gasteiger partial charge in [-0.05, 0) is 43.2 Å². The van der Waals surface area contributed by atoms with Crippen LogP contribution in [0.5, 0.6) is 0 Å². The molecule has 3 aromatic rings. The lowest BCUT2D eigenvalue weighted by atomic mass is 10.1. The van der Waals surface area contributed by atoms with Gasteiger partial charge in [-0.1, -0.05) is 34.8 Å². The average molecular weight is 399 g/mol. The third kappa shape index (κ3) is 4.12. The molecular formula is C19H17N3O3S2. The highest BCUT2D eigenvalue weighted by molar-refractivity contribution is 7.16. The largest absolute Gasteiger partial charge is 0.324 e. The zero-order valence-electron chi connectivity index (χ0n) is 14.8. The molecule has 0 spiro atoms. The molecule has 138 valence electrons. The van der Waals surface area contributed by atoms with Crippen LogP contribution in [0.15, 0.2) is 48.0 Å². The summed E-state index contributed by atoms with van der Waals surface area (Å²) in [5.41, 5.74) is 3.33. The normalized spacial score (nSPS) is 12.1. The van der Waals surface area contributed by atoms with Crippen LogP contribution in [-0.4, -0.2) is 15.4 Å². The topological polar surface area (TPSA) is 77.5 Å². The van der Waals surface area contributed by atoms with Crippen molar-refractivity contribution in [3.05, 3.63) is 73.9 Å². The summed E-state index contributed by atoms with van der Waals surface area (Å²) >= 11 is 2.47. The van der Waals surface area contributed by atoms with E-state index in [1.165, 1.54) is 23.5 Å². The number of thiazole rings is 1. The minimum Gasteiger partial charge on any atom is -0.312 e. The Morgan fingerprint density at radius 3 is 2.78 bits per heavy atom. The van der Waals surface area contributed by atoms with Crippen LogP contribution in [0.2, 0.25) is 0 Å².